The topological polar surface area (TPSA) is 42.0 Å². The van der Waals surface area contributed by atoms with E-state index in [0.717, 1.165) is 16.3 Å². The molecule has 0 fully saturated rings. The molecular weight excluding hydrogens is 315 g/mol. The molecule has 0 aliphatic heterocycles. The third-order valence-corrected chi connectivity index (χ3v) is 4.04. The second kappa shape index (κ2) is 6.88. The van der Waals surface area contributed by atoms with Crippen LogP contribution in [0.4, 0.5) is 0 Å². The van der Waals surface area contributed by atoms with Crippen LogP contribution >= 0.6 is 34.5 Å². The Hall–Kier alpha value is -1.36. The summed E-state index contributed by atoms with van der Waals surface area (Å²) < 4.78 is 0. The van der Waals surface area contributed by atoms with Gasteiger partial charge in [0.05, 0.1) is 27.3 Å². The van der Waals surface area contributed by atoms with Crippen LogP contribution in [0.2, 0.25) is 10.0 Å². The Morgan fingerprint density at radius 3 is 2.85 bits per heavy atom. The number of aromatic nitrogens is 1. The van der Waals surface area contributed by atoms with Gasteiger partial charge in [-0.1, -0.05) is 29.3 Å². The van der Waals surface area contributed by atoms with E-state index in [1.807, 2.05) is 12.3 Å². The molecule has 1 amide bonds. The zero-order chi connectivity index (χ0) is 14.5. The summed E-state index contributed by atoms with van der Waals surface area (Å²) in [5.41, 5.74) is 1.68. The van der Waals surface area contributed by atoms with Crippen LogP contribution in [-0.4, -0.2) is 10.9 Å². The van der Waals surface area contributed by atoms with Gasteiger partial charge in [-0.2, -0.15) is 0 Å². The highest BCUT2D eigenvalue weighted by molar-refractivity contribution is 7.09. The van der Waals surface area contributed by atoms with Crippen LogP contribution in [0, 0.1) is 6.92 Å². The highest BCUT2D eigenvalue weighted by atomic mass is 35.5. The van der Waals surface area contributed by atoms with Gasteiger partial charge in [0.25, 0.3) is 0 Å². The summed E-state index contributed by atoms with van der Waals surface area (Å²) in [5, 5.41) is 6.64. The second-order valence-corrected chi connectivity index (χ2v) is 5.96. The number of aryl methyl sites for hydroxylation is 1. The number of nitrogens with zero attached hydrogens (tertiary/aromatic N) is 1. The summed E-state index contributed by atoms with van der Waals surface area (Å²) in [6.45, 7) is 2.36. The zero-order valence-corrected chi connectivity index (χ0v) is 13.0. The maximum Gasteiger partial charge on any atom is 0.244 e. The maximum absolute atomic E-state index is 11.7. The van der Waals surface area contributed by atoms with E-state index in [1.165, 1.54) is 6.08 Å². The Morgan fingerprint density at radius 2 is 2.20 bits per heavy atom. The number of thiazole rings is 1. The first kappa shape index (κ1) is 15.0. The Morgan fingerprint density at radius 1 is 1.40 bits per heavy atom. The van der Waals surface area contributed by atoms with E-state index < -0.39 is 0 Å². The first-order valence-corrected chi connectivity index (χ1v) is 7.50. The van der Waals surface area contributed by atoms with E-state index in [9.17, 15) is 4.79 Å². The van der Waals surface area contributed by atoms with Crippen molar-refractivity contribution in [2.45, 2.75) is 13.5 Å². The van der Waals surface area contributed by atoms with Gasteiger partial charge in [0, 0.05) is 11.5 Å². The van der Waals surface area contributed by atoms with Crippen LogP contribution in [0.25, 0.3) is 6.08 Å². The highest BCUT2D eigenvalue weighted by Crippen LogP contribution is 2.23. The van der Waals surface area contributed by atoms with Gasteiger partial charge in [-0.25, -0.2) is 4.98 Å². The molecule has 0 unspecified atom stereocenters. The number of hydrogen-bond acceptors (Lipinski definition) is 3. The molecule has 104 valence electrons. The van der Waals surface area contributed by atoms with Crippen LogP contribution in [0.1, 0.15) is 16.3 Å². The summed E-state index contributed by atoms with van der Waals surface area (Å²) in [5.74, 6) is -0.179. The third kappa shape index (κ3) is 4.34. The molecular formula is C14H12Cl2N2OS. The lowest BCUT2D eigenvalue weighted by atomic mass is 10.2. The van der Waals surface area contributed by atoms with Crippen LogP contribution < -0.4 is 5.32 Å². The molecule has 0 bridgehead atoms. The van der Waals surface area contributed by atoms with E-state index >= 15 is 0 Å². The van der Waals surface area contributed by atoms with Gasteiger partial charge in [-0.3, -0.25) is 4.79 Å². The van der Waals surface area contributed by atoms with Crippen molar-refractivity contribution in [1.29, 1.82) is 0 Å². The maximum atomic E-state index is 11.7. The number of hydrogen-bond donors (Lipinski definition) is 1. The number of carbonyl (C=O) groups excluding carboxylic acids is 1. The molecule has 1 aromatic heterocycles. The predicted octanol–water partition coefficient (Wildman–Crippen LogP) is 4.09. The Labute approximate surface area is 131 Å². The smallest absolute Gasteiger partial charge is 0.244 e. The zero-order valence-electron chi connectivity index (χ0n) is 10.7. The van der Waals surface area contributed by atoms with Gasteiger partial charge in [0.15, 0.2) is 0 Å². The van der Waals surface area contributed by atoms with Crippen LogP contribution in [-0.2, 0) is 11.3 Å². The molecule has 0 aliphatic carbocycles. The molecule has 3 nitrogen and oxygen atoms in total. The summed E-state index contributed by atoms with van der Waals surface area (Å²) in [4.78, 5) is 15.9. The minimum atomic E-state index is -0.179. The van der Waals surface area contributed by atoms with Crippen LogP contribution in [0.15, 0.2) is 29.7 Å². The molecule has 1 N–H and O–H groups in total. The molecule has 1 heterocycles. The molecule has 0 radical (unpaired) electrons. The van der Waals surface area contributed by atoms with Crippen molar-refractivity contribution in [1.82, 2.24) is 10.3 Å². The quantitative estimate of drug-likeness (QED) is 0.860. The van der Waals surface area contributed by atoms with Crippen molar-refractivity contribution in [3.63, 3.8) is 0 Å². The average Bonchev–Trinajstić information content (AvgIpc) is 2.83. The monoisotopic (exact) mass is 326 g/mol. The molecule has 0 atom stereocenters. The fourth-order valence-electron chi connectivity index (χ4n) is 1.51. The Bertz CT molecular complexity index is 652. The van der Waals surface area contributed by atoms with Crippen molar-refractivity contribution >= 4 is 46.5 Å². The molecule has 0 spiro atoms. The summed E-state index contributed by atoms with van der Waals surface area (Å²) in [6, 6.07) is 5.19. The van der Waals surface area contributed by atoms with E-state index in [4.69, 9.17) is 23.2 Å². The molecule has 0 saturated carbocycles. The fourth-order valence-corrected chi connectivity index (χ4v) is 2.43. The molecule has 1 aromatic carbocycles. The minimum absolute atomic E-state index is 0.179. The predicted molar refractivity (Wildman–Crippen MR) is 84.2 cm³/mol. The standard InChI is InChI=1S/C14H12Cl2N2OS/c1-9-18-11(8-20-9)7-17-14(19)5-3-10-2-4-12(15)13(16)6-10/h2-6,8H,7H2,1H3,(H,17,19)/b5-3+. The third-order valence-electron chi connectivity index (χ3n) is 2.48. The summed E-state index contributed by atoms with van der Waals surface area (Å²) in [6.07, 6.45) is 3.14. The van der Waals surface area contributed by atoms with Crippen LogP contribution in [0.5, 0.6) is 0 Å². The van der Waals surface area contributed by atoms with Gasteiger partial charge in [0.2, 0.25) is 5.91 Å². The Balaban J connectivity index is 1.90. The number of nitrogens with one attached hydrogen (secondary N) is 1. The fraction of sp³-hybridized carbons (Fsp3) is 0.143. The van der Waals surface area contributed by atoms with Crippen molar-refractivity contribution < 1.29 is 4.79 Å². The van der Waals surface area contributed by atoms with E-state index in [0.29, 0.717) is 16.6 Å². The number of amides is 1. The summed E-state index contributed by atoms with van der Waals surface area (Å²) in [7, 11) is 0. The Kier molecular flexibility index (Phi) is 5.17. The van der Waals surface area contributed by atoms with E-state index in [-0.39, 0.29) is 5.91 Å². The molecule has 2 rings (SSSR count). The van der Waals surface area contributed by atoms with Gasteiger partial charge in [-0.15, -0.1) is 11.3 Å². The molecule has 0 aliphatic rings. The number of rotatable bonds is 4. The van der Waals surface area contributed by atoms with Crippen molar-refractivity contribution in [2.24, 2.45) is 0 Å². The van der Waals surface area contributed by atoms with E-state index in [1.54, 1.807) is 35.6 Å². The molecule has 0 saturated heterocycles. The van der Waals surface area contributed by atoms with Gasteiger partial charge < -0.3 is 5.32 Å². The van der Waals surface area contributed by atoms with Gasteiger partial charge in [-0.05, 0) is 30.7 Å². The molecule has 20 heavy (non-hydrogen) atoms. The van der Waals surface area contributed by atoms with Crippen LogP contribution in [0.3, 0.4) is 0 Å². The minimum Gasteiger partial charge on any atom is -0.347 e. The lowest BCUT2D eigenvalue weighted by molar-refractivity contribution is -0.116. The largest absolute Gasteiger partial charge is 0.347 e. The first-order chi connectivity index (χ1) is 9.54. The normalized spacial score (nSPS) is 10.9. The summed E-state index contributed by atoms with van der Waals surface area (Å²) >= 11 is 13.3. The lowest BCUT2D eigenvalue weighted by Gasteiger charge is -1.99. The first-order valence-electron chi connectivity index (χ1n) is 5.86. The van der Waals surface area contributed by atoms with Crippen molar-refractivity contribution in [3.05, 3.63) is 56.0 Å². The number of benzene rings is 1. The van der Waals surface area contributed by atoms with E-state index in [2.05, 4.69) is 10.3 Å². The number of carbonyl (C=O) groups is 1. The van der Waals surface area contributed by atoms with Crippen molar-refractivity contribution in [2.75, 3.05) is 0 Å². The average molecular weight is 327 g/mol. The van der Waals surface area contributed by atoms with Crippen molar-refractivity contribution in [3.8, 4) is 0 Å². The molecule has 2 aromatic rings. The lowest BCUT2D eigenvalue weighted by Crippen LogP contribution is -2.20. The molecule has 6 heteroatoms. The van der Waals surface area contributed by atoms with Gasteiger partial charge >= 0.3 is 0 Å². The number of halogens is 2. The highest BCUT2D eigenvalue weighted by Gasteiger charge is 2.01. The second-order valence-electron chi connectivity index (χ2n) is 4.08. The SMILES string of the molecule is Cc1nc(CNC(=O)/C=C/c2ccc(Cl)c(Cl)c2)cs1. The van der Waals surface area contributed by atoms with Gasteiger partial charge in [0.1, 0.15) is 0 Å².